The Morgan fingerprint density at radius 3 is 2.57 bits per heavy atom. The molecule has 4 aromatic rings. The van der Waals surface area contributed by atoms with Crippen molar-refractivity contribution in [3.8, 4) is 11.3 Å². The summed E-state index contributed by atoms with van der Waals surface area (Å²) in [6.07, 6.45) is 0. The van der Waals surface area contributed by atoms with Gasteiger partial charge in [-0.25, -0.2) is 4.85 Å². The van der Waals surface area contributed by atoms with Gasteiger partial charge in [0.2, 0.25) is 5.69 Å². The summed E-state index contributed by atoms with van der Waals surface area (Å²) >= 11 is 0. The van der Waals surface area contributed by atoms with Crippen LogP contribution in [0.3, 0.4) is 0 Å². The van der Waals surface area contributed by atoms with Crippen molar-refractivity contribution < 1.29 is 17.2 Å². The molecule has 0 aliphatic heterocycles. The van der Waals surface area contributed by atoms with E-state index < -0.39 is 12.7 Å². The summed E-state index contributed by atoms with van der Waals surface area (Å²) in [7, 11) is 1.73. The third-order valence-corrected chi connectivity index (χ3v) is 5.36. The maximum absolute atomic E-state index is 9.02. The molecule has 1 atom stereocenters. The highest BCUT2D eigenvalue weighted by molar-refractivity contribution is 6.11. The van der Waals surface area contributed by atoms with Crippen molar-refractivity contribution in [2.75, 3.05) is 0 Å². The van der Waals surface area contributed by atoms with Crippen molar-refractivity contribution in [3.63, 3.8) is 0 Å². The predicted octanol–water partition coefficient (Wildman–Crippen LogP) is 6.68. The standard InChI is InChI=1S/C25H25N2O/c1-14(2)18-12-16(4)27(7)22(13-18)23-15(3)8-9-20-19-10-11-21(26-6)17(5)24(19)28-25(20)23/h8-14H,1-5,7H3/q+1/i1D3,12D,13D,14D. The van der Waals surface area contributed by atoms with E-state index in [0.29, 0.717) is 33.8 Å². The zero-order valence-corrected chi connectivity index (χ0v) is 16.6. The highest BCUT2D eigenvalue weighted by atomic mass is 16.3. The van der Waals surface area contributed by atoms with Crippen molar-refractivity contribution >= 4 is 27.6 Å². The van der Waals surface area contributed by atoms with Crippen molar-refractivity contribution in [1.29, 1.82) is 0 Å². The van der Waals surface area contributed by atoms with Crippen LogP contribution in [0.15, 0.2) is 40.8 Å². The van der Waals surface area contributed by atoms with Gasteiger partial charge in [-0.05, 0) is 36.4 Å². The van der Waals surface area contributed by atoms with Gasteiger partial charge in [-0.3, -0.25) is 0 Å². The Morgan fingerprint density at radius 1 is 1.14 bits per heavy atom. The lowest BCUT2D eigenvalue weighted by Crippen LogP contribution is -2.35. The van der Waals surface area contributed by atoms with Gasteiger partial charge in [-0.15, -0.1) is 0 Å². The number of aryl methyl sites for hydroxylation is 2. The molecule has 0 amide bonds. The average molecular weight is 376 g/mol. The number of fused-ring (bicyclic) bond motifs is 3. The van der Waals surface area contributed by atoms with Crippen LogP contribution in [0.5, 0.6) is 0 Å². The van der Waals surface area contributed by atoms with E-state index in [1.165, 1.54) is 6.92 Å². The number of aromatic nitrogens is 1. The zero-order chi connectivity index (χ0) is 25.3. The number of benzene rings is 2. The molecule has 0 radical (unpaired) electrons. The van der Waals surface area contributed by atoms with Crippen LogP contribution in [0.25, 0.3) is 38.0 Å². The maximum atomic E-state index is 9.02. The molecule has 2 heterocycles. The van der Waals surface area contributed by atoms with Crippen LogP contribution in [-0.4, -0.2) is 0 Å². The van der Waals surface area contributed by atoms with Gasteiger partial charge in [-0.1, -0.05) is 38.0 Å². The summed E-state index contributed by atoms with van der Waals surface area (Å²) in [4.78, 5) is 3.56. The van der Waals surface area contributed by atoms with Gasteiger partial charge >= 0.3 is 0 Å². The minimum Gasteiger partial charge on any atom is -0.456 e. The van der Waals surface area contributed by atoms with E-state index in [9.17, 15) is 0 Å². The second-order valence-corrected chi connectivity index (χ2v) is 7.18. The fraction of sp³-hybridized carbons (Fsp3) is 0.280. The molecule has 140 valence electrons. The van der Waals surface area contributed by atoms with Crippen molar-refractivity contribution in [2.24, 2.45) is 7.05 Å². The summed E-state index contributed by atoms with van der Waals surface area (Å²) in [5.74, 6) is -2.15. The van der Waals surface area contributed by atoms with Gasteiger partial charge in [-0.2, -0.15) is 4.57 Å². The molecule has 3 heteroatoms. The van der Waals surface area contributed by atoms with Crippen LogP contribution in [0, 0.1) is 27.3 Å². The van der Waals surface area contributed by atoms with Crippen LogP contribution in [0.4, 0.5) is 5.69 Å². The Balaban J connectivity index is 2.20. The first-order valence-electron chi connectivity index (χ1n) is 12.1. The second-order valence-electron chi connectivity index (χ2n) is 7.18. The summed E-state index contributed by atoms with van der Waals surface area (Å²) < 4.78 is 58.0. The number of rotatable bonds is 2. The number of pyridine rings is 1. The van der Waals surface area contributed by atoms with Crippen molar-refractivity contribution in [1.82, 2.24) is 0 Å². The number of hydrogen-bond acceptors (Lipinski definition) is 1. The molecule has 0 bridgehead atoms. The largest absolute Gasteiger partial charge is 0.456 e. The second kappa shape index (κ2) is 6.49. The van der Waals surface area contributed by atoms with Gasteiger partial charge in [0, 0.05) is 35.3 Å². The van der Waals surface area contributed by atoms with Crippen molar-refractivity contribution in [3.05, 3.63) is 70.2 Å². The normalized spacial score (nSPS) is 17.1. The molecule has 0 aliphatic carbocycles. The van der Waals surface area contributed by atoms with Crippen LogP contribution < -0.4 is 4.57 Å². The smallest absolute Gasteiger partial charge is 0.216 e. The van der Waals surface area contributed by atoms with Gasteiger partial charge in [0.15, 0.2) is 11.4 Å². The lowest BCUT2D eigenvalue weighted by molar-refractivity contribution is -0.666. The molecule has 28 heavy (non-hydrogen) atoms. The molecule has 0 fully saturated rings. The van der Waals surface area contributed by atoms with E-state index in [2.05, 4.69) is 4.85 Å². The van der Waals surface area contributed by atoms with E-state index in [1.807, 2.05) is 32.0 Å². The first-order valence-corrected chi connectivity index (χ1v) is 9.07. The predicted molar refractivity (Wildman–Crippen MR) is 115 cm³/mol. The Kier molecular flexibility index (Phi) is 2.87. The maximum Gasteiger partial charge on any atom is 0.216 e. The summed E-state index contributed by atoms with van der Waals surface area (Å²) in [5.41, 5.74) is 4.44. The van der Waals surface area contributed by atoms with E-state index in [4.69, 9.17) is 19.2 Å². The molecule has 4 rings (SSSR count). The average Bonchev–Trinajstić information content (AvgIpc) is 3.12. The van der Waals surface area contributed by atoms with Crippen LogP contribution in [0.1, 0.15) is 50.3 Å². The first kappa shape index (κ1) is 12.4. The van der Waals surface area contributed by atoms with E-state index in [0.717, 1.165) is 21.9 Å². The topological polar surface area (TPSA) is 21.4 Å². The zero-order valence-electron chi connectivity index (χ0n) is 22.6. The molecule has 2 aromatic heterocycles. The molecule has 0 saturated heterocycles. The Labute approximate surface area is 174 Å². The van der Waals surface area contributed by atoms with Crippen molar-refractivity contribution in [2.45, 2.75) is 40.4 Å². The molecular formula is C25H25N2O+. The molecule has 2 aromatic carbocycles. The molecule has 0 aliphatic rings. The van der Waals surface area contributed by atoms with Crippen LogP contribution in [-0.2, 0) is 7.05 Å². The molecule has 1 unspecified atom stereocenters. The fourth-order valence-electron chi connectivity index (χ4n) is 3.63. The van der Waals surface area contributed by atoms with Gasteiger partial charge in [0.1, 0.15) is 18.2 Å². The number of nitrogens with zero attached hydrogens (tertiary/aromatic N) is 2. The minimum atomic E-state index is -2.73. The molecule has 0 saturated carbocycles. The molecule has 0 N–H and O–H groups in total. The monoisotopic (exact) mass is 375 g/mol. The lowest BCUT2D eigenvalue weighted by atomic mass is 9.96. The first-order chi connectivity index (χ1) is 15.7. The minimum absolute atomic E-state index is 0.128. The number of furan rings is 1. The fourth-order valence-corrected chi connectivity index (χ4v) is 3.63. The quantitative estimate of drug-likeness (QED) is 0.283. The third kappa shape index (κ3) is 2.60. The molecule has 3 nitrogen and oxygen atoms in total. The molecule has 0 spiro atoms. The lowest BCUT2D eigenvalue weighted by Gasteiger charge is -2.11. The van der Waals surface area contributed by atoms with Gasteiger partial charge < -0.3 is 4.42 Å². The molecular weight excluding hydrogens is 344 g/mol. The number of hydrogen-bond donors (Lipinski definition) is 0. The van der Waals surface area contributed by atoms with Crippen LogP contribution in [0.2, 0.25) is 0 Å². The summed E-state index contributed by atoms with van der Waals surface area (Å²) in [5, 5.41) is 1.66. The summed E-state index contributed by atoms with van der Waals surface area (Å²) in [6.45, 7) is 11.3. The summed E-state index contributed by atoms with van der Waals surface area (Å²) in [6, 6.07) is 7.15. The van der Waals surface area contributed by atoms with Crippen LogP contribution >= 0.6 is 0 Å². The Hall–Kier alpha value is -3.12. The Morgan fingerprint density at radius 2 is 1.86 bits per heavy atom. The highest BCUT2D eigenvalue weighted by Crippen LogP contribution is 2.40. The highest BCUT2D eigenvalue weighted by Gasteiger charge is 2.23. The van der Waals surface area contributed by atoms with Gasteiger partial charge in [0.25, 0.3) is 0 Å². The van der Waals surface area contributed by atoms with E-state index in [-0.39, 0.29) is 17.6 Å². The SMILES string of the molecule is [2H]c1c(C([2H])(C)C([2H])([2H])[2H])c([2H])c(-c2c(C)ccc3c2oc2c(C)c([N+]#[C-])ccc23)[n+](C)c1C. The van der Waals surface area contributed by atoms with E-state index >= 15 is 0 Å². The van der Waals surface area contributed by atoms with Gasteiger partial charge in [0.05, 0.1) is 14.9 Å². The third-order valence-electron chi connectivity index (χ3n) is 5.36. The Bertz CT molecular complexity index is 1540. The van der Waals surface area contributed by atoms with E-state index in [1.54, 1.807) is 24.6 Å².